The average Bonchev–Trinajstić information content (AvgIpc) is 2.87. The first-order valence-electron chi connectivity index (χ1n) is 8.27. The molecule has 140 valence electrons. The molecule has 2 rings (SSSR count). The van der Waals surface area contributed by atoms with Crippen LogP contribution in [0.1, 0.15) is 33.6 Å². The van der Waals surface area contributed by atoms with E-state index in [2.05, 4.69) is 9.89 Å². The summed E-state index contributed by atoms with van der Waals surface area (Å²) in [6, 6.07) is 0. The molecule has 0 aromatic rings. The molecule has 1 unspecified atom stereocenters. The van der Waals surface area contributed by atoms with Gasteiger partial charge < -0.3 is 19.2 Å². The molecule has 1 spiro atoms. The van der Waals surface area contributed by atoms with Crippen LogP contribution in [0.3, 0.4) is 0 Å². The van der Waals surface area contributed by atoms with Gasteiger partial charge in [-0.25, -0.2) is 4.79 Å². The van der Waals surface area contributed by atoms with E-state index in [0.29, 0.717) is 32.5 Å². The van der Waals surface area contributed by atoms with Crippen molar-refractivity contribution >= 4 is 23.7 Å². The first-order valence-corrected chi connectivity index (χ1v) is 8.27. The van der Waals surface area contributed by atoms with Crippen molar-refractivity contribution < 1.29 is 28.7 Å². The molecule has 0 aromatic carbocycles. The van der Waals surface area contributed by atoms with Gasteiger partial charge in [0.2, 0.25) is 6.10 Å². The maximum atomic E-state index is 12.4. The van der Waals surface area contributed by atoms with Gasteiger partial charge in [0.05, 0.1) is 19.4 Å². The number of hydrogen-bond donors (Lipinski definition) is 0. The maximum Gasteiger partial charge on any atom is 0.411 e. The fraction of sp³-hybridized carbons (Fsp3) is 0.750. The first-order chi connectivity index (χ1) is 11.8. The highest BCUT2D eigenvalue weighted by atomic mass is 16.6. The van der Waals surface area contributed by atoms with Gasteiger partial charge in [-0.2, -0.15) is 0 Å². The summed E-state index contributed by atoms with van der Waals surface area (Å²) in [5.74, 6) is -0.630. The van der Waals surface area contributed by atoms with Gasteiger partial charge >= 0.3 is 12.1 Å². The molecule has 2 fully saturated rings. The number of esters is 1. The number of ether oxygens (including phenoxy) is 2. The zero-order valence-corrected chi connectivity index (χ0v) is 15.1. The van der Waals surface area contributed by atoms with E-state index in [1.165, 1.54) is 12.0 Å². The number of oxime groups is 1. The van der Waals surface area contributed by atoms with Crippen molar-refractivity contribution in [2.24, 2.45) is 5.16 Å². The van der Waals surface area contributed by atoms with E-state index in [1.807, 2.05) is 0 Å². The van der Waals surface area contributed by atoms with E-state index in [4.69, 9.17) is 9.57 Å². The average molecular weight is 355 g/mol. The lowest BCUT2D eigenvalue weighted by atomic mass is 9.91. The van der Waals surface area contributed by atoms with Crippen molar-refractivity contribution in [2.45, 2.75) is 45.3 Å². The predicted octanol–water partition coefficient (Wildman–Crippen LogP) is 0.774. The van der Waals surface area contributed by atoms with Crippen LogP contribution in [-0.4, -0.2) is 78.5 Å². The predicted molar refractivity (Wildman–Crippen MR) is 87.9 cm³/mol. The molecule has 0 aliphatic carbocycles. The van der Waals surface area contributed by atoms with Crippen LogP contribution in [-0.2, 0) is 23.9 Å². The summed E-state index contributed by atoms with van der Waals surface area (Å²) in [6.07, 6.45) is -0.142. The molecule has 0 saturated carbocycles. The Morgan fingerprint density at radius 3 is 2.52 bits per heavy atom. The second-order valence-corrected chi connectivity index (χ2v) is 6.59. The smallest absolute Gasteiger partial charge is 0.411 e. The Bertz CT molecular complexity index is 564. The largest absolute Gasteiger partial charge is 0.468 e. The van der Waals surface area contributed by atoms with Crippen LogP contribution >= 0.6 is 0 Å². The second-order valence-electron chi connectivity index (χ2n) is 6.59. The Balaban J connectivity index is 1.89. The minimum Gasteiger partial charge on any atom is -0.468 e. The van der Waals surface area contributed by atoms with E-state index in [9.17, 15) is 14.4 Å². The molecule has 0 aromatic heterocycles. The third kappa shape index (κ3) is 4.61. The van der Waals surface area contributed by atoms with Crippen LogP contribution in [0, 0.1) is 0 Å². The second kappa shape index (κ2) is 7.71. The number of piperidine rings is 1. The molecule has 9 heteroatoms. The molecular weight excluding hydrogens is 330 g/mol. The molecule has 2 aliphatic heterocycles. The monoisotopic (exact) mass is 355 g/mol. The molecule has 2 heterocycles. The zero-order valence-electron chi connectivity index (χ0n) is 15.1. The van der Waals surface area contributed by atoms with Gasteiger partial charge in [0.1, 0.15) is 12.1 Å². The van der Waals surface area contributed by atoms with Crippen LogP contribution in [0.4, 0.5) is 4.79 Å². The van der Waals surface area contributed by atoms with Gasteiger partial charge in [-0.1, -0.05) is 5.16 Å². The number of methoxy groups -OCH3 is 1. The van der Waals surface area contributed by atoms with E-state index in [-0.39, 0.29) is 12.5 Å². The van der Waals surface area contributed by atoms with Gasteiger partial charge in [-0.3, -0.25) is 14.5 Å². The van der Waals surface area contributed by atoms with Crippen molar-refractivity contribution in [1.82, 2.24) is 9.80 Å². The first kappa shape index (κ1) is 19.0. The summed E-state index contributed by atoms with van der Waals surface area (Å²) in [5, 5.41) is 3.82. The van der Waals surface area contributed by atoms with E-state index in [1.54, 1.807) is 25.7 Å². The van der Waals surface area contributed by atoms with Gasteiger partial charge in [0.25, 0.3) is 5.91 Å². The molecule has 1 atom stereocenters. The third-order valence-corrected chi connectivity index (χ3v) is 4.32. The van der Waals surface area contributed by atoms with Gasteiger partial charge in [-0.05, 0) is 20.8 Å². The normalized spacial score (nSPS) is 20.1. The molecule has 0 bridgehead atoms. The fourth-order valence-electron chi connectivity index (χ4n) is 2.92. The summed E-state index contributed by atoms with van der Waals surface area (Å²) in [6.45, 7) is 6.36. The van der Waals surface area contributed by atoms with Crippen molar-refractivity contribution in [3.8, 4) is 0 Å². The van der Waals surface area contributed by atoms with Crippen LogP contribution < -0.4 is 0 Å². The van der Waals surface area contributed by atoms with Crippen molar-refractivity contribution in [3.63, 3.8) is 0 Å². The van der Waals surface area contributed by atoms with Crippen LogP contribution in [0.15, 0.2) is 5.16 Å². The number of carbonyl (C=O) groups is 3. The molecule has 2 aliphatic rings. The zero-order chi connectivity index (χ0) is 18.6. The maximum absolute atomic E-state index is 12.4. The summed E-state index contributed by atoms with van der Waals surface area (Å²) < 4.78 is 10.1. The minimum absolute atomic E-state index is 0.126. The Hall–Kier alpha value is -2.32. The number of hydrogen-bond acceptors (Lipinski definition) is 7. The fourth-order valence-corrected chi connectivity index (χ4v) is 2.92. The highest BCUT2D eigenvalue weighted by Gasteiger charge is 2.48. The van der Waals surface area contributed by atoms with Crippen molar-refractivity contribution in [2.75, 3.05) is 33.3 Å². The SMILES string of the molecule is COC(=O)CN1CC2(CCN(C(=O)C(C)ON=C(C)C)CC2)OC1=O. The number of nitrogens with zero attached hydrogens (tertiary/aromatic N) is 3. The number of likely N-dealkylation sites (tertiary alicyclic amines) is 1. The molecule has 0 radical (unpaired) electrons. The van der Waals surface area contributed by atoms with Gasteiger partial charge in [-0.15, -0.1) is 0 Å². The highest BCUT2D eigenvalue weighted by molar-refractivity contribution is 5.82. The van der Waals surface area contributed by atoms with Gasteiger partial charge in [0.15, 0.2) is 0 Å². The molecule has 25 heavy (non-hydrogen) atoms. The number of rotatable bonds is 5. The summed E-state index contributed by atoms with van der Waals surface area (Å²) in [4.78, 5) is 43.9. The van der Waals surface area contributed by atoms with Crippen molar-refractivity contribution in [1.29, 1.82) is 0 Å². The number of carbonyl (C=O) groups excluding carboxylic acids is 3. The molecule has 0 N–H and O–H groups in total. The lowest BCUT2D eigenvalue weighted by Crippen LogP contribution is -2.51. The molecule has 2 saturated heterocycles. The standard InChI is InChI=1S/C16H25N3O6/c1-11(2)17-25-12(3)14(21)18-7-5-16(6-8-18)10-19(15(22)24-16)9-13(20)23-4/h12H,5-10H2,1-4H3. The lowest BCUT2D eigenvalue weighted by Gasteiger charge is -2.37. The Morgan fingerprint density at radius 2 is 1.96 bits per heavy atom. The lowest BCUT2D eigenvalue weighted by molar-refractivity contribution is -0.146. The van der Waals surface area contributed by atoms with Crippen LogP contribution in [0.5, 0.6) is 0 Å². The molecule has 9 nitrogen and oxygen atoms in total. The van der Waals surface area contributed by atoms with Crippen LogP contribution in [0.25, 0.3) is 0 Å². The van der Waals surface area contributed by atoms with E-state index >= 15 is 0 Å². The quantitative estimate of drug-likeness (QED) is 0.410. The third-order valence-electron chi connectivity index (χ3n) is 4.32. The van der Waals surface area contributed by atoms with Gasteiger partial charge in [0, 0.05) is 25.9 Å². The summed E-state index contributed by atoms with van der Waals surface area (Å²) in [5.41, 5.74) is 0.0882. The Labute approximate surface area is 146 Å². The van der Waals surface area contributed by atoms with Crippen molar-refractivity contribution in [3.05, 3.63) is 0 Å². The van der Waals surface area contributed by atoms with Crippen LogP contribution in [0.2, 0.25) is 0 Å². The topological polar surface area (TPSA) is 97.7 Å². The molecule has 2 amide bonds. The molecular formula is C16H25N3O6. The Morgan fingerprint density at radius 1 is 1.32 bits per heavy atom. The van der Waals surface area contributed by atoms with E-state index < -0.39 is 23.8 Å². The number of amides is 2. The highest BCUT2D eigenvalue weighted by Crippen LogP contribution is 2.33. The summed E-state index contributed by atoms with van der Waals surface area (Å²) >= 11 is 0. The summed E-state index contributed by atoms with van der Waals surface area (Å²) in [7, 11) is 1.27. The Kier molecular flexibility index (Phi) is 5.86. The minimum atomic E-state index is -0.661. The van der Waals surface area contributed by atoms with E-state index in [0.717, 1.165) is 5.71 Å².